The third-order valence-electron chi connectivity index (χ3n) is 3.73. The number of anilines is 1. The van der Waals surface area contributed by atoms with Gasteiger partial charge in [0.1, 0.15) is 5.82 Å². The van der Waals surface area contributed by atoms with Gasteiger partial charge in [0, 0.05) is 19.3 Å². The van der Waals surface area contributed by atoms with E-state index < -0.39 is 0 Å². The summed E-state index contributed by atoms with van der Waals surface area (Å²) in [4.78, 5) is 8.92. The zero-order valence-corrected chi connectivity index (χ0v) is 13.3. The first-order valence-electron chi connectivity index (χ1n) is 7.60. The highest BCUT2D eigenvalue weighted by Crippen LogP contribution is 2.21. The van der Waals surface area contributed by atoms with Crippen molar-refractivity contribution in [1.29, 1.82) is 0 Å². The van der Waals surface area contributed by atoms with Crippen LogP contribution >= 0.6 is 0 Å². The van der Waals surface area contributed by atoms with Crippen LogP contribution in [-0.2, 0) is 6.54 Å². The number of nitrogens with one attached hydrogen (secondary N) is 1. The van der Waals surface area contributed by atoms with Crippen LogP contribution in [0.3, 0.4) is 0 Å². The van der Waals surface area contributed by atoms with E-state index in [1.807, 2.05) is 13.0 Å². The van der Waals surface area contributed by atoms with Gasteiger partial charge in [-0.2, -0.15) is 4.98 Å². The van der Waals surface area contributed by atoms with E-state index in [1.54, 1.807) is 19.2 Å². The lowest BCUT2D eigenvalue weighted by molar-refractivity contribution is 0.617. The fraction of sp³-hybridized carbons (Fsp3) is 0.294. The molecule has 3 aromatic rings. The molecule has 0 atom stereocenters. The van der Waals surface area contributed by atoms with Gasteiger partial charge in [0.15, 0.2) is 5.65 Å². The topological polar surface area (TPSA) is 68.8 Å². The molecule has 0 saturated carbocycles. The molecule has 1 aromatic carbocycles. The number of halogens is 1. The summed E-state index contributed by atoms with van der Waals surface area (Å²) in [5.41, 5.74) is 9.94. The Morgan fingerprint density at radius 1 is 1.26 bits per heavy atom. The minimum Gasteiger partial charge on any atom is -0.354 e. The monoisotopic (exact) mass is 313 g/mol. The molecule has 23 heavy (non-hydrogen) atoms. The molecule has 0 unspecified atom stereocenters. The number of imidazole rings is 1. The molecule has 5 nitrogen and oxygen atoms in total. The van der Waals surface area contributed by atoms with Crippen molar-refractivity contribution in [3.8, 4) is 0 Å². The number of hydrogen-bond acceptors (Lipinski definition) is 4. The summed E-state index contributed by atoms with van der Waals surface area (Å²) in [7, 11) is 0. The third kappa shape index (κ3) is 3.17. The Morgan fingerprint density at radius 2 is 2.09 bits per heavy atom. The fourth-order valence-corrected chi connectivity index (χ4v) is 2.57. The van der Waals surface area contributed by atoms with Crippen molar-refractivity contribution >= 4 is 17.1 Å². The first kappa shape index (κ1) is 15.4. The Bertz CT molecular complexity index is 840. The quantitative estimate of drug-likeness (QED) is 0.760. The van der Waals surface area contributed by atoms with E-state index in [9.17, 15) is 4.39 Å². The van der Waals surface area contributed by atoms with Gasteiger partial charge in [-0.05, 0) is 42.7 Å². The van der Waals surface area contributed by atoms with Crippen LogP contribution < -0.4 is 11.1 Å². The summed E-state index contributed by atoms with van der Waals surface area (Å²) < 4.78 is 15.5. The van der Waals surface area contributed by atoms with E-state index in [0.717, 1.165) is 22.6 Å². The summed E-state index contributed by atoms with van der Waals surface area (Å²) >= 11 is 0. The molecule has 0 spiro atoms. The number of benzene rings is 1. The van der Waals surface area contributed by atoms with E-state index in [4.69, 9.17) is 5.73 Å². The third-order valence-corrected chi connectivity index (χ3v) is 3.73. The predicted molar refractivity (Wildman–Crippen MR) is 90.0 cm³/mol. The van der Waals surface area contributed by atoms with Crippen LogP contribution in [0.25, 0.3) is 11.2 Å². The average Bonchev–Trinajstić information content (AvgIpc) is 2.86. The van der Waals surface area contributed by atoms with E-state index >= 15 is 0 Å². The summed E-state index contributed by atoms with van der Waals surface area (Å²) in [6, 6.07) is 7.21. The standard InChI is InChI=1S/C17H20FN5/c1-11-7-15-16(21-9-11)22-17(20-6-5-19)23(15)10-13-3-4-14(18)12(2)8-13/h3-4,7-9H,5-6,10,19H2,1-2H3,(H,20,21,22). The molecule has 3 N–H and O–H groups in total. The van der Waals surface area contributed by atoms with Crippen molar-refractivity contribution in [3.05, 3.63) is 53.0 Å². The number of nitrogens with zero attached hydrogens (tertiary/aromatic N) is 3. The van der Waals surface area contributed by atoms with Gasteiger partial charge in [-0.1, -0.05) is 12.1 Å². The maximum atomic E-state index is 13.5. The summed E-state index contributed by atoms with van der Waals surface area (Å²) in [6.45, 7) is 5.51. The zero-order chi connectivity index (χ0) is 16.4. The maximum Gasteiger partial charge on any atom is 0.205 e. The SMILES string of the molecule is Cc1cnc2nc(NCCN)n(Cc3ccc(F)c(C)c3)c2c1. The molecular formula is C17H20FN5. The Balaban J connectivity index is 2.05. The van der Waals surface area contributed by atoms with E-state index in [-0.39, 0.29) is 5.82 Å². The Hall–Kier alpha value is -2.47. The molecule has 0 aliphatic rings. The summed E-state index contributed by atoms with van der Waals surface area (Å²) in [5, 5.41) is 3.23. The van der Waals surface area contributed by atoms with Crippen molar-refractivity contribution in [2.24, 2.45) is 5.73 Å². The minimum absolute atomic E-state index is 0.191. The molecule has 120 valence electrons. The first-order chi connectivity index (χ1) is 11.1. The highest BCUT2D eigenvalue weighted by Gasteiger charge is 2.12. The predicted octanol–water partition coefficient (Wildman–Crippen LogP) is 2.61. The van der Waals surface area contributed by atoms with Crippen molar-refractivity contribution in [3.63, 3.8) is 0 Å². The highest BCUT2D eigenvalue weighted by molar-refractivity contribution is 5.75. The largest absolute Gasteiger partial charge is 0.354 e. The highest BCUT2D eigenvalue weighted by atomic mass is 19.1. The van der Waals surface area contributed by atoms with Crippen LogP contribution in [0, 0.1) is 19.7 Å². The van der Waals surface area contributed by atoms with E-state index in [0.29, 0.717) is 30.8 Å². The molecule has 0 amide bonds. The second kappa shape index (κ2) is 6.34. The molecule has 6 heteroatoms. The smallest absolute Gasteiger partial charge is 0.205 e. The van der Waals surface area contributed by atoms with Gasteiger partial charge >= 0.3 is 0 Å². The molecule has 3 rings (SSSR count). The molecule has 0 saturated heterocycles. The Kier molecular flexibility index (Phi) is 4.25. The summed E-state index contributed by atoms with van der Waals surface area (Å²) in [5.74, 6) is 0.536. The fourth-order valence-electron chi connectivity index (χ4n) is 2.57. The minimum atomic E-state index is -0.191. The van der Waals surface area contributed by atoms with Crippen LogP contribution in [0.1, 0.15) is 16.7 Å². The molecule has 0 radical (unpaired) electrons. The van der Waals surface area contributed by atoms with Crippen LogP contribution in [-0.4, -0.2) is 27.6 Å². The van der Waals surface area contributed by atoms with Crippen molar-refractivity contribution in [2.45, 2.75) is 20.4 Å². The van der Waals surface area contributed by atoms with Gasteiger partial charge in [0.2, 0.25) is 5.95 Å². The first-order valence-corrected chi connectivity index (χ1v) is 7.60. The Morgan fingerprint density at radius 3 is 2.83 bits per heavy atom. The van der Waals surface area contributed by atoms with Crippen molar-refractivity contribution in [1.82, 2.24) is 14.5 Å². The number of pyridine rings is 1. The number of aryl methyl sites for hydroxylation is 2. The van der Waals surface area contributed by atoms with Gasteiger partial charge in [-0.15, -0.1) is 0 Å². The maximum absolute atomic E-state index is 13.5. The molecule has 2 aromatic heterocycles. The number of fused-ring (bicyclic) bond motifs is 1. The lowest BCUT2D eigenvalue weighted by Gasteiger charge is -2.11. The van der Waals surface area contributed by atoms with Crippen LogP contribution in [0.2, 0.25) is 0 Å². The van der Waals surface area contributed by atoms with Crippen LogP contribution in [0.4, 0.5) is 10.3 Å². The number of aromatic nitrogens is 3. The van der Waals surface area contributed by atoms with Gasteiger partial charge in [-0.3, -0.25) is 0 Å². The van der Waals surface area contributed by atoms with Gasteiger partial charge in [-0.25, -0.2) is 9.37 Å². The molecule has 2 heterocycles. The average molecular weight is 313 g/mol. The lowest BCUT2D eigenvalue weighted by Crippen LogP contribution is -2.16. The lowest BCUT2D eigenvalue weighted by atomic mass is 10.1. The van der Waals surface area contributed by atoms with Gasteiger partial charge in [0.05, 0.1) is 12.1 Å². The second-order valence-corrected chi connectivity index (χ2v) is 5.68. The van der Waals surface area contributed by atoms with Gasteiger partial charge < -0.3 is 15.6 Å². The normalized spacial score (nSPS) is 11.1. The molecule has 0 bridgehead atoms. The van der Waals surface area contributed by atoms with Crippen molar-refractivity contribution in [2.75, 3.05) is 18.4 Å². The van der Waals surface area contributed by atoms with E-state index in [2.05, 4.69) is 25.9 Å². The number of nitrogens with two attached hydrogens (primary N) is 1. The van der Waals surface area contributed by atoms with E-state index in [1.165, 1.54) is 6.07 Å². The second-order valence-electron chi connectivity index (χ2n) is 5.68. The van der Waals surface area contributed by atoms with Gasteiger partial charge in [0.25, 0.3) is 0 Å². The molecule has 0 aliphatic carbocycles. The molecular weight excluding hydrogens is 293 g/mol. The molecule has 0 aliphatic heterocycles. The van der Waals surface area contributed by atoms with Crippen LogP contribution in [0.5, 0.6) is 0 Å². The van der Waals surface area contributed by atoms with Crippen LogP contribution in [0.15, 0.2) is 30.5 Å². The Labute approximate surface area is 134 Å². The van der Waals surface area contributed by atoms with Crippen molar-refractivity contribution < 1.29 is 4.39 Å². The summed E-state index contributed by atoms with van der Waals surface area (Å²) in [6.07, 6.45) is 1.80. The number of rotatable bonds is 5. The number of hydrogen-bond donors (Lipinski definition) is 2. The zero-order valence-electron chi connectivity index (χ0n) is 13.3. The molecule has 0 fully saturated rings.